The third kappa shape index (κ3) is 4.23. The minimum atomic E-state index is -0.259. The van der Waals surface area contributed by atoms with Crippen LogP contribution in [0.3, 0.4) is 0 Å². The summed E-state index contributed by atoms with van der Waals surface area (Å²) < 4.78 is 0. The average Bonchev–Trinajstić information content (AvgIpc) is 2.58. The number of pyridine rings is 1. The lowest BCUT2D eigenvalue weighted by Gasteiger charge is -2.23. The van der Waals surface area contributed by atoms with Gasteiger partial charge in [0.2, 0.25) is 0 Å². The van der Waals surface area contributed by atoms with Crippen molar-refractivity contribution in [2.75, 3.05) is 10.6 Å². The average molecular weight is 330 g/mol. The van der Waals surface area contributed by atoms with Gasteiger partial charge in [-0.05, 0) is 37.1 Å². The Balaban J connectivity index is 1.69. The molecule has 0 radical (unpaired) electrons. The number of benzene rings is 1. The number of amides is 1. The summed E-state index contributed by atoms with van der Waals surface area (Å²) in [6.07, 6.45) is 7.88. The highest BCUT2D eigenvalue weighted by molar-refractivity contribution is 6.33. The maximum Gasteiger partial charge on any atom is 0.274 e. The molecule has 2 aromatic rings. The summed E-state index contributed by atoms with van der Waals surface area (Å²) in [5, 5.41) is 6.81. The lowest BCUT2D eigenvalue weighted by Crippen LogP contribution is -2.22. The number of para-hydroxylation sites is 1. The maximum absolute atomic E-state index is 12.4. The summed E-state index contributed by atoms with van der Waals surface area (Å²) in [7, 11) is 0. The highest BCUT2D eigenvalue weighted by Gasteiger charge is 2.14. The number of hydrogen-bond donors (Lipinski definition) is 2. The van der Waals surface area contributed by atoms with Crippen LogP contribution >= 0.6 is 11.6 Å². The van der Waals surface area contributed by atoms with Crippen molar-refractivity contribution in [2.24, 2.45) is 0 Å². The number of aromatic nitrogens is 1. The molecule has 4 nitrogen and oxygen atoms in total. The Morgan fingerprint density at radius 3 is 2.70 bits per heavy atom. The van der Waals surface area contributed by atoms with Crippen molar-refractivity contribution in [1.29, 1.82) is 0 Å². The van der Waals surface area contributed by atoms with E-state index in [0.717, 1.165) is 5.69 Å². The Labute approximate surface area is 141 Å². The summed E-state index contributed by atoms with van der Waals surface area (Å²) >= 11 is 6.07. The third-order valence-corrected chi connectivity index (χ3v) is 4.42. The number of carbonyl (C=O) groups excluding carboxylic acids is 1. The van der Waals surface area contributed by atoms with Crippen LogP contribution in [0.2, 0.25) is 5.02 Å². The SMILES string of the molecule is O=C(Nc1ccccc1Cl)c1cc(NC2CCCCC2)ccn1. The first kappa shape index (κ1) is 15.8. The standard InChI is InChI=1S/C18H20ClN3O/c19-15-8-4-5-9-16(15)22-18(23)17-12-14(10-11-20-17)21-13-6-2-1-3-7-13/h4-5,8-13H,1-3,6-7H2,(H,20,21)(H,22,23). The lowest BCUT2D eigenvalue weighted by molar-refractivity contribution is 0.102. The van der Waals surface area contributed by atoms with Crippen LogP contribution in [0.25, 0.3) is 0 Å². The first-order chi connectivity index (χ1) is 11.2. The van der Waals surface area contributed by atoms with E-state index in [1.54, 1.807) is 24.4 Å². The molecule has 5 heteroatoms. The molecule has 0 atom stereocenters. The molecule has 0 bridgehead atoms. The second-order valence-electron chi connectivity index (χ2n) is 5.84. The molecule has 1 heterocycles. The van der Waals surface area contributed by atoms with Crippen LogP contribution in [0, 0.1) is 0 Å². The van der Waals surface area contributed by atoms with E-state index >= 15 is 0 Å². The molecule has 1 aliphatic carbocycles. The van der Waals surface area contributed by atoms with Gasteiger partial charge >= 0.3 is 0 Å². The predicted molar refractivity (Wildman–Crippen MR) is 94.1 cm³/mol. The molecule has 0 unspecified atom stereocenters. The van der Waals surface area contributed by atoms with Crippen molar-refractivity contribution in [2.45, 2.75) is 38.1 Å². The summed E-state index contributed by atoms with van der Waals surface area (Å²) in [5.74, 6) is -0.259. The molecule has 1 amide bonds. The highest BCUT2D eigenvalue weighted by atomic mass is 35.5. The van der Waals surface area contributed by atoms with E-state index in [2.05, 4.69) is 15.6 Å². The summed E-state index contributed by atoms with van der Waals surface area (Å²) in [6, 6.07) is 11.4. The fraction of sp³-hybridized carbons (Fsp3) is 0.333. The molecule has 0 spiro atoms. The minimum Gasteiger partial charge on any atom is -0.382 e. The molecule has 1 fully saturated rings. The van der Waals surface area contributed by atoms with Crippen LogP contribution in [0.5, 0.6) is 0 Å². The first-order valence-corrected chi connectivity index (χ1v) is 8.38. The van der Waals surface area contributed by atoms with E-state index < -0.39 is 0 Å². The second-order valence-corrected chi connectivity index (χ2v) is 6.25. The van der Waals surface area contributed by atoms with Gasteiger partial charge < -0.3 is 10.6 Å². The molecular weight excluding hydrogens is 310 g/mol. The number of rotatable bonds is 4. The molecule has 1 aromatic carbocycles. The van der Waals surface area contributed by atoms with Gasteiger partial charge in [-0.3, -0.25) is 9.78 Å². The fourth-order valence-electron chi connectivity index (χ4n) is 2.88. The Morgan fingerprint density at radius 1 is 1.13 bits per heavy atom. The number of carbonyl (C=O) groups is 1. The number of halogens is 1. The smallest absolute Gasteiger partial charge is 0.274 e. The molecule has 1 saturated carbocycles. The Morgan fingerprint density at radius 2 is 1.91 bits per heavy atom. The molecular formula is C18H20ClN3O. The molecule has 120 valence electrons. The van der Waals surface area contributed by atoms with Crippen LogP contribution in [-0.4, -0.2) is 16.9 Å². The molecule has 0 aliphatic heterocycles. The van der Waals surface area contributed by atoms with Crippen molar-refractivity contribution < 1.29 is 4.79 Å². The summed E-state index contributed by atoms with van der Waals surface area (Å²) in [5.41, 5.74) is 1.91. The van der Waals surface area contributed by atoms with Crippen LogP contribution < -0.4 is 10.6 Å². The summed E-state index contributed by atoms with van der Waals surface area (Å²) in [6.45, 7) is 0. The maximum atomic E-state index is 12.4. The normalized spacial score (nSPS) is 15.2. The number of anilines is 2. The number of nitrogens with zero attached hydrogens (tertiary/aromatic N) is 1. The monoisotopic (exact) mass is 329 g/mol. The van der Waals surface area contributed by atoms with Crippen LogP contribution in [-0.2, 0) is 0 Å². The van der Waals surface area contributed by atoms with Crippen LogP contribution in [0.15, 0.2) is 42.6 Å². The predicted octanol–water partition coefficient (Wildman–Crippen LogP) is 4.73. The number of nitrogens with one attached hydrogen (secondary N) is 2. The van der Waals surface area contributed by atoms with Crippen molar-refractivity contribution >= 4 is 28.9 Å². The Hall–Kier alpha value is -2.07. The van der Waals surface area contributed by atoms with Crippen molar-refractivity contribution in [3.05, 3.63) is 53.3 Å². The Kier molecular flexibility index (Phi) is 5.13. The topological polar surface area (TPSA) is 54.0 Å². The molecule has 1 aromatic heterocycles. The zero-order valence-electron chi connectivity index (χ0n) is 12.9. The zero-order chi connectivity index (χ0) is 16.1. The van der Waals surface area contributed by atoms with E-state index in [1.807, 2.05) is 18.2 Å². The van der Waals surface area contributed by atoms with E-state index in [9.17, 15) is 4.79 Å². The lowest BCUT2D eigenvalue weighted by atomic mass is 9.95. The quantitative estimate of drug-likeness (QED) is 0.852. The van der Waals surface area contributed by atoms with Crippen LogP contribution in [0.4, 0.5) is 11.4 Å². The molecule has 3 rings (SSSR count). The van der Waals surface area contributed by atoms with Crippen molar-refractivity contribution in [1.82, 2.24) is 4.98 Å². The van der Waals surface area contributed by atoms with Gasteiger partial charge in [-0.25, -0.2) is 0 Å². The van der Waals surface area contributed by atoms with Gasteiger partial charge in [0.05, 0.1) is 10.7 Å². The Bertz CT molecular complexity index is 683. The van der Waals surface area contributed by atoms with Crippen LogP contribution in [0.1, 0.15) is 42.6 Å². The van der Waals surface area contributed by atoms with Crippen molar-refractivity contribution in [3.63, 3.8) is 0 Å². The van der Waals surface area contributed by atoms with Gasteiger partial charge in [-0.1, -0.05) is 43.0 Å². The second kappa shape index (κ2) is 7.47. The van der Waals surface area contributed by atoms with Gasteiger partial charge in [0.1, 0.15) is 5.69 Å². The largest absolute Gasteiger partial charge is 0.382 e. The molecule has 0 saturated heterocycles. The molecule has 1 aliphatic rings. The van der Waals surface area contributed by atoms with Gasteiger partial charge in [0.25, 0.3) is 5.91 Å². The fourth-order valence-corrected chi connectivity index (χ4v) is 3.06. The molecule has 2 N–H and O–H groups in total. The van der Waals surface area contributed by atoms with E-state index in [0.29, 0.717) is 22.4 Å². The van der Waals surface area contributed by atoms with Gasteiger partial charge in [-0.2, -0.15) is 0 Å². The first-order valence-electron chi connectivity index (χ1n) is 8.01. The van der Waals surface area contributed by atoms with E-state index in [-0.39, 0.29) is 5.91 Å². The van der Waals surface area contributed by atoms with Gasteiger partial charge in [-0.15, -0.1) is 0 Å². The minimum absolute atomic E-state index is 0.259. The zero-order valence-corrected chi connectivity index (χ0v) is 13.6. The summed E-state index contributed by atoms with van der Waals surface area (Å²) in [4.78, 5) is 16.5. The third-order valence-electron chi connectivity index (χ3n) is 4.09. The van der Waals surface area contributed by atoms with E-state index in [1.165, 1.54) is 32.1 Å². The van der Waals surface area contributed by atoms with E-state index in [4.69, 9.17) is 11.6 Å². The van der Waals surface area contributed by atoms with Gasteiger partial charge in [0, 0.05) is 17.9 Å². The molecule has 23 heavy (non-hydrogen) atoms. The van der Waals surface area contributed by atoms with Crippen molar-refractivity contribution in [3.8, 4) is 0 Å². The van der Waals surface area contributed by atoms with Gasteiger partial charge in [0.15, 0.2) is 0 Å². The highest BCUT2D eigenvalue weighted by Crippen LogP contribution is 2.23. The number of hydrogen-bond acceptors (Lipinski definition) is 3.